The molecule has 4 heterocycles. The first-order chi connectivity index (χ1) is 14.2. The number of rotatable bonds is 3. The first kappa shape index (κ1) is 20.0. The first-order valence-corrected chi connectivity index (χ1v) is 8.97. The molecule has 1 unspecified atom stereocenters. The molecule has 2 amide bonds. The Morgan fingerprint density at radius 3 is 2.73 bits per heavy atom. The summed E-state index contributed by atoms with van der Waals surface area (Å²) in [5.74, 6) is -8.03. The van der Waals surface area contributed by atoms with E-state index in [2.05, 4.69) is 10.3 Å². The summed E-state index contributed by atoms with van der Waals surface area (Å²) in [7, 11) is 0. The maximum atomic E-state index is 13.7. The molecule has 4 rings (SSSR count). The highest BCUT2D eigenvalue weighted by atomic mass is 19.1. The van der Waals surface area contributed by atoms with Crippen molar-refractivity contribution in [2.45, 2.75) is 31.8 Å². The summed E-state index contributed by atoms with van der Waals surface area (Å²) in [6.45, 7) is 1.36. The summed E-state index contributed by atoms with van der Waals surface area (Å²) in [4.78, 5) is 55.5. The number of hydrogen-bond acceptors (Lipinski definition) is 7. The van der Waals surface area contributed by atoms with E-state index < -0.39 is 71.0 Å². The molecule has 3 aliphatic rings. The molecular formula is C18H15F3N4O5. The van der Waals surface area contributed by atoms with E-state index in [0.29, 0.717) is 6.07 Å². The van der Waals surface area contributed by atoms with Crippen LogP contribution >= 0.6 is 0 Å². The largest absolute Gasteiger partial charge is 0.354 e. The summed E-state index contributed by atoms with van der Waals surface area (Å²) < 4.78 is 45.7. The van der Waals surface area contributed by atoms with Gasteiger partial charge >= 0.3 is 0 Å². The highest BCUT2D eigenvalue weighted by Gasteiger charge is 2.52. The second-order valence-corrected chi connectivity index (χ2v) is 7.10. The van der Waals surface area contributed by atoms with Crippen molar-refractivity contribution in [2.75, 3.05) is 13.2 Å². The molecule has 2 fully saturated rings. The Morgan fingerprint density at radius 1 is 1.30 bits per heavy atom. The topological polar surface area (TPSA) is 109 Å². The Balaban J connectivity index is 1.55. The Kier molecular flexibility index (Phi) is 4.80. The summed E-state index contributed by atoms with van der Waals surface area (Å²) in [6, 6.07) is -1.29. The molecule has 0 aromatic carbocycles. The van der Waals surface area contributed by atoms with Gasteiger partial charge in [0, 0.05) is 12.3 Å². The van der Waals surface area contributed by atoms with Crippen molar-refractivity contribution in [3.8, 4) is 0 Å². The summed E-state index contributed by atoms with van der Waals surface area (Å²) in [6.07, 6.45) is 0.444. The van der Waals surface area contributed by atoms with Gasteiger partial charge < -0.3 is 19.9 Å². The molecule has 3 aliphatic heterocycles. The van der Waals surface area contributed by atoms with Crippen molar-refractivity contribution in [3.63, 3.8) is 0 Å². The molecule has 12 heteroatoms. The van der Waals surface area contributed by atoms with Crippen LogP contribution in [0.4, 0.5) is 13.2 Å². The van der Waals surface area contributed by atoms with Crippen LogP contribution in [0, 0.1) is 17.7 Å². The second-order valence-electron chi connectivity index (χ2n) is 7.10. The molecule has 0 bridgehead atoms. The van der Waals surface area contributed by atoms with E-state index in [4.69, 9.17) is 4.74 Å². The number of aromatic nitrogens is 1. The SMILES string of the molecule is C[C@H]1CO[C@@H]2CN3C=C(C(=O)NCc4c(F)cc(F)nc4F)C(=O)C(=O)C3C(=O)N12. The summed E-state index contributed by atoms with van der Waals surface area (Å²) in [5, 5.41) is 2.10. The number of halogens is 3. The average Bonchev–Trinajstić information content (AvgIpc) is 3.04. The van der Waals surface area contributed by atoms with E-state index in [1.165, 1.54) is 9.80 Å². The van der Waals surface area contributed by atoms with Crippen molar-refractivity contribution in [1.82, 2.24) is 20.1 Å². The van der Waals surface area contributed by atoms with Crippen molar-refractivity contribution >= 4 is 23.4 Å². The Hall–Kier alpha value is -3.28. The number of piperazine rings is 1. The molecule has 30 heavy (non-hydrogen) atoms. The van der Waals surface area contributed by atoms with Crippen molar-refractivity contribution in [3.05, 3.63) is 41.1 Å². The summed E-state index contributed by atoms with van der Waals surface area (Å²) >= 11 is 0. The summed E-state index contributed by atoms with van der Waals surface area (Å²) in [5.41, 5.74) is -1.30. The smallest absolute Gasteiger partial charge is 0.257 e. The van der Waals surface area contributed by atoms with Crippen molar-refractivity contribution < 1.29 is 37.1 Å². The molecular weight excluding hydrogens is 409 g/mol. The zero-order chi connectivity index (χ0) is 21.7. The lowest BCUT2D eigenvalue weighted by Gasteiger charge is -2.43. The minimum absolute atomic E-state index is 0.0711. The number of nitrogens with zero attached hydrogens (tertiary/aromatic N) is 3. The van der Waals surface area contributed by atoms with Gasteiger partial charge in [-0.05, 0) is 6.92 Å². The number of hydrogen-bond donors (Lipinski definition) is 1. The van der Waals surface area contributed by atoms with Crippen LogP contribution in [0.15, 0.2) is 17.8 Å². The van der Waals surface area contributed by atoms with Crippen LogP contribution in [0.3, 0.4) is 0 Å². The number of pyridine rings is 1. The van der Waals surface area contributed by atoms with Gasteiger partial charge in [0.2, 0.25) is 23.5 Å². The molecule has 0 saturated carbocycles. The fourth-order valence-corrected chi connectivity index (χ4v) is 3.70. The van der Waals surface area contributed by atoms with Crippen LogP contribution in [-0.4, -0.2) is 69.6 Å². The molecule has 158 valence electrons. The highest BCUT2D eigenvalue weighted by molar-refractivity contribution is 6.53. The molecule has 1 N–H and O–H groups in total. The van der Waals surface area contributed by atoms with Crippen LogP contribution in [-0.2, 0) is 30.5 Å². The minimum Gasteiger partial charge on any atom is -0.354 e. The quantitative estimate of drug-likeness (QED) is 0.299. The third kappa shape index (κ3) is 3.12. The Morgan fingerprint density at radius 2 is 2.03 bits per heavy atom. The van der Waals surface area contributed by atoms with E-state index >= 15 is 0 Å². The maximum Gasteiger partial charge on any atom is 0.257 e. The zero-order valence-electron chi connectivity index (χ0n) is 15.5. The van der Waals surface area contributed by atoms with Gasteiger partial charge in [-0.1, -0.05) is 0 Å². The monoisotopic (exact) mass is 424 g/mol. The average molecular weight is 424 g/mol. The maximum absolute atomic E-state index is 13.7. The van der Waals surface area contributed by atoms with E-state index in [-0.39, 0.29) is 19.2 Å². The van der Waals surface area contributed by atoms with Gasteiger partial charge in [-0.3, -0.25) is 19.2 Å². The van der Waals surface area contributed by atoms with Crippen LogP contribution in [0.1, 0.15) is 12.5 Å². The van der Waals surface area contributed by atoms with Crippen LogP contribution in [0.25, 0.3) is 0 Å². The van der Waals surface area contributed by atoms with Gasteiger partial charge in [0.15, 0.2) is 6.04 Å². The van der Waals surface area contributed by atoms with Crippen molar-refractivity contribution in [1.29, 1.82) is 0 Å². The number of carbonyl (C=O) groups excluding carboxylic acids is 4. The fourth-order valence-electron chi connectivity index (χ4n) is 3.70. The van der Waals surface area contributed by atoms with Gasteiger partial charge in [0.1, 0.15) is 17.6 Å². The van der Waals surface area contributed by atoms with Gasteiger partial charge in [-0.25, -0.2) is 4.39 Å². The number of nitrogens with one attached hydrogen (secondary N) is 1. The normalized spacial score (nSPS) is 25.8. The van der Waals surface area contributed by atoms with E-state index in [1.807, 2.05) is 0 Å². The van der Waals surface area contributed by atoms with Crippen LogP contribution in [0.2, 0.25) is 0 Å². The molecule has 0 aliphatic carbocycles. The lowest BCUT2D eigenvalue weighted by Crippen LogP contribution is -2.65. The van der Waals surface area contributed by atoms with E-state index in [0.717, 1.165) is 6.20 Å². The molecule has 9 nitrogen and oxygen atoms in total. The lowest BCUT2D eigenvalue weighted by atomic mass is 9.93. The predicted molar refractivity (Wildman–Crippen MR) is 90.6 cm³/mol. The molecule has 1 aromatic rings. The lowest BCUT2D eigenvalue weighted by molar-refractivity contribution is -0.159. The van der Waals surface area contributed by atoms with Crippen LogP contribution in [0.5, 0.6) is 0 Å². The van der Waals surface area contributed by atoms with Gasteiger partial charge in [-0.15, -0.1) is 0 Å². The number of Topliss-reactive ketones (excluding diaryl/α,β-unsaturated/α-hetero) is 2. The standard InChI is InChI=1S/C18H15F3N4O5/c1-7-6-30-12-5-24-4-9(14(26)15(27)13(24)18(29)25(7)12)17(28)22-3-8-10(19)2-11(20)23-16(8)21/h2,4,7,12-13H,3,5-6H2,1H3,(H,22,28)/t7-,12+,13?/m0/s1. The third-order valence-electron chi connectivity index (χ3n) is 5.17. The van der Waals surface area contributed by atoms with Crippen molar-refractivity contribution in [2.24, 2.45) is 0 Å². The van der Waals surface area contributed by atoms with E-state index in [1.54, 1.807) is 6.92 Å². The van der Waals surface area contributed by atoms with Gasteiger partial charge in [0.05, 0.1) is 31.3 Å². The second kappa shape index (κ2) is 7.20. The first-order valence-electron chi connectivity index (χ1n) is 8.97. The molecule has 0 radical (unpaired) electrons. The zero-order valence-corrected chi connectivity index (χ0v) is 15.5. The number of amides is 2. The molecule has 1 aromatic heterocycles. The third-order valence-corrected chi connectivity index (χ3v) is 5.17. The number of fused-ring (bicyclic) bond motifs is 2. The minimum atomic E-state index is -1.46. The number of ether oxygens (including phenoxy) is 1. The van der Waals surface area contributed by atoms with E-state index in [9.17, 15) is 32.3 Å². The Labute approximate surface area is 167 Å². The molecule has 3 atom stereocenters. The van der Waals surface area contributed by atoms with Crippen LogP contribution < -0.4 is 5.32 Å². The van der Waals surface area contributed by atoms with Gasteiger partial charge in [0.25, 0.3) is 11.8 Å². The molecule has 0 spiro atoms. The molecule has 2 saturated heterocycles. The number of ketones is 2. The Bertz CT molecular complexity index is 991. The van der Waals surface area contributed by atoms with Gasteiger partial charge in [-0.2, -0.15) is 13.8 Å². The number of carbonyl (C=O) groups is 4. The fraction of sp³-hybridized carbons (Fsp3) is 0.389. The predicted octanol–water partition coefficient (Wildman–Crippen LogP) is -0.592. The highest BCUT2D eigenvalue weighted by Crippen LogP contribution is 2.29.